The van der Waals surface area contributed by atoms with E-state index in [4.69, 9.17) is 21.1 Å². The zero-order chi connectivity index (χ0) is 21.3. The van der Waals surface area contributed by atoms with Crippen molar-refractivity contribution in [3.8, 4) is 11.6 Å². The molecule has 0 saturated heterocycles. The summed E-state index contributed by atoms with van der Waals surface area (Å²) in [5, 5.41) is 3.35. The van der Waals surface area contributed by atoms with Gasteiger partial charge in [-0.1, -0.05) is 17.7 Å². The van der Waals surface area contributed by atoms with Gasteiger partial charge in [-0.05, 0) is 61.5 Å². The lowest BCUT2D eigenvalue weighted by molar-refractivity contribution is -0.123. The third-order valence-corrected chi connectivity index (χ3v) is 4.45. The van der Waals surface area contributed by atoms with Gasteiger partial charge in [0.2, 0.25) is 5.88 Å². The third kappa shape index (κ3) is 5.81. The van der Waals surface area contributed by atoms with Crippen LogP contribution in [0.4, 0.5) is 0 Å². The lowest BCUT2D eigenvalue weighted by atomic mass is 10.0. The van der Waals surface area contributed by atoms with Crippen LogP contribution in [0.3, 0.4) is 0 Å². The van der Waals surface area contributed by atoms with Crippen LogP contribution in [0.25, 0.3) is 0 Å². The predicted octanol–water partition coefficient (Wildman–Crippen LogP) is 4.06. The predicted molar refractivity (Wildman–Crippen MR) is 114 cm³/mol. The van der Waals surface area contributed by atoms with Crippen molar-refractivity contribution in [3.63, 3.8) is 0 Å². The number of carbonyl (C=O) groups excluding carboxylic acids is 2. The number of carbonyl (C=O) groups is 2. The Morgan fingerprint density at radius 1 is 0.967 bits per heavy atom. The molecule has 0 unspecified atom stereocenters. The Hall–Kier alpha value is -3.38. The molecule has 3 rings (SSSR count). The zero-order valence-electron chi connectivity index (χ0n) is 16.4. The number of aromatic nitrogens is 1. The van der Waals surface area contributed by atoms with Crippen LogP contribution in [-0.4, -0.2) is 29.9 Å². The Kier molecular flexibility index (Phi) is 7.40. The summed E-state index contributed by atoms with van der Waals surface area (Å²) in [6, 6.07) is 17.0. The van der Waals surface area contributed by atoms with Gasteiger partial charge < -0.3 is 14.8 Å². The number of halogens is 1. The minimum atomic E-state index is -0.275. The van der Waals surface area contributed by atoms with Crippen LogP contribution in [0, 0.1) is 0 Å². The van der Waals surface area contributed by atoms with Crippen molar-refractivity contribution in [1.29, 1.82) is 0 Å². The molecule has 0 saturated carbocycles. The zero-order valence-corrected chi connectivity index (χ0v) is 17.2. The van der Waals surface area contributed by atoms with Crippen LogP contribution in [0.1, 0.15) is 28.4 Å². The first-order valence-electron chi connectivity index (χ1n) is 9.43. The summed E-state index contributed by atoms with van der Waals surface area (Å²) in [4.78, 5) is 28.7. The number of amides is 1. The number of benzene rings is 2. The first kappa shape index (κ1) is 21.3. The van der Waals surface area contributed by atoms with Crippen LogP contribution < -0.4 is 14.8 Å². The summed E-state index contributed by atoms with van der Waals surface area (Å²) in [6.07, 6.45) is 1.64. The van der Waals surface area contributed by atoms with Crippen molar-refractivity contribution in [2.24, 2.45) is 0 Å². The van der Waals surface area contributed by atoms with Gasteiger partial charge in [-0.2, -0.15) is 0 Å². The second-order valence-electron chi connectivity index (χ2n) is 6.33. The molecule has 1 heterocycles. The number of hydrogen-bond acceptors (Lipinski definition) is 5. The molecule has 0 spiro atoms. The van der Waals surface area contributed by atoms with Crippen molar-refractivity contribution in [3.05, 3.63) is 88.6 Å². The molecule has 3 aromatic rings. The third-order valence-electron chi connectivity index (χ3n) is 4.20. The summed E-state index contributed by atoms with van der Waals surface area (Å²) in [7, 11) is 0. The Balaban J connectivity index is 1.50. The van der Waals surface area contributed by atoms with E-state index in [9.17, 15) is 9.59 Å². The van der Waals surface area contributed by atoms with Gasteiger partial charge >= 0.3 is 0 Å². The molecule has 0 fully saturated rings. The standard InChI is InChI=1S/C23H21ClN2O4/c1-2-29-23-18(4-3-13-25-23)14-26-21(27)15-30-20-11-7-17(8-12-20)22(28)16-5-9-19(24)10-6-16/h3-13H,2,14-15H2,1H3,(H,26,27). The van der Waals surface area contributed by atoms with E-state index in [0.717, 1.165) is 5.56 Å². The van der Waals surface area contributed by atoms with Gasteiger partial charge in [0.15, 0.2) is 12.4 Å². The fourth-order valence-electron chi connectivity index (χ4n) is 2.69. The molecule has 6 nitrogen and oxygen atoms in total. The Labute approximate surface area is 179 Å². The summed E-state index contributed by atoms with van der Waals surface area (Å²) in [5.74, 6) is 0.608. The van der Waals surface area contributed by atoms with E-state index in [1.54, 1.807) is 60.8 Å². The second kappa shape index (κ2) is 10.4. The summed E-state index contributed by atoms with van der Waals surface area (Å²) < 4.78 is 10.9. The normalized spacial score (nSPS) is 10.3. The Bertz CT molecular complexity index is 1000. The average molecular weight is 425 g/mol. The highest BCUT2D eigenvalue weighted by Gasteiger charge is 2.10. The first-order valence-corrected chi connectivity index (χ1v) is 9.81. The molecule has 1 N–H and O–H groups in total. The smallest absolute Gasteiger partial charge is 0.258 e. The molecule has 0 aliphatic heterocycles. The molecule has 0 bridgehead atoms. The van der Waals surface area contributed by atoms with Crippen molar-refractivity contribution < 1.29 is 19.1 Å². The highest BCUT2D eigenvalue weighted by atomic mass is 35.5. The minimum Gasteiger partial charge on any atom is -0.484 e. The van der Waals surface area contributed by atoms with E-state index in [-0.39, 0.29) is 18.3 Å². The molecule has 0 atom stereocenters. The van der Waals surface area contributed by atoms with Gasteiger partial charge in [0.25, 0.3) is 5.91 Å². The molecular formula is C23H21ClN2O4. The SMILES string of the molecule is CCOc1ncccc1CNC(=O)COc1ccc(C(=O)c2ccc(Cl)cc2)cc1. The molecule has 0 aliphatic rings. The maximum Gasteiger partial charge on any atom is 0.258 e. The number of pyridine rings is 1. The fraction of sp³-hybridized carbons (Fsp3) is 0.174. The van der Waals surface area contributed by atoms with E-state index in [2.05, 4.69) is 10.3 Å². The van der Waals surface area contributed by atoms with E-state index in [1.165, 1.54) is 0 Å². The first-order chi connectivity index (χ1) is 14.6. The molecule has 1 amide bonds. The number of hydrogen-bond donors (Lipinski definition) is 1. The number of ketones is 1. The molecule has 7 heteroatoms. The average Bonchev–Trinajstić information content (AvgIpc) is 2.78. The number of nitrogens with one attached hydrogen (secondary N) is 1. The van der Waals surface area contributed by atoms with Gasteiger partial charge in [0.05, 0.1) is 6.61 Å². The van der Waals surface area contributed by atoms with Crippen molar-refractivity contribution in [2.45, 2.75) is 13.5 Å². The molecule has 2 aromatic carbocycles. The quantitative estimate of drug-likeness (QED) is 0.524. The van der Waals surface area contributed by atoms with E-state index in [0.29, 0.717) is 40.9 Å². The second-order valence-corrected chi connectivity index (χ2v) is 6.76. The summed E-state index contributed by atoms with van der Waals surface area (Å²) in [5.41, 5.74) is 1.86. The van der Waals surface area contributed by atoms with Gasteiger partial charge in [-0.3, -0.25) is 9.59 Å². The van der Waals surface area contributed by atoms with Crippen molar-refractivity contribution in [1.82, 2.24) is 10.3 Å². The minimum absolute atomic E-state index is 0.113. The lowest BCUT2D eigenvalue weighted by Gasteiger charge is -2.10. The van der Waals surface area contributed by atoms with E-state index in [1.807, 2.05) is 13.0 Å². The van der Waals surface area contributed by atoms with Crippen LogP contribution >= 0.6 is 11.6 Å². The van der Waals surface area contributed by atoms with Gasteiger partial charge in [0, 0.05) is 34.5 Å². The lowest BCUT2D eigenvalue weighted by Crippen LogP contribution is -2.28. The molecule has 154 valence electrons. The number of nitrogens with zero attached hydrogens (tertiary/aromatic N) is 1. The van der Waals surface area contributed by atoms with Crippen LogP contribution in [-0.2, 0) is 11.3 Å². The van der Waals surface area contributed by atoms with E-state index < -0.39 is 0 Å². The largest absolute Gasteiger partial charge is 0.484 e. The van der Waals surface area contributed by atoms with Crippen LogP contribution in [0.15, 0.2) is 66.9 Å². The van der Waals surface area contributed by atoms with Crippen LogP contribution in [0.2, 0.25) is 5.02 Å². The maximum absolute atomic E-state index is 12.5. The van der Waals surface area contributed by atoms with Crippen molar-refractivity contribution >= 4 is 23.3 Å². The monoisotopic (exact) mass is 424 g/mol. The Morgan fingerprint density at radius 2 is 1.63 bits per heavy atom. The van der Waals surface area contributed by atoms with Crippen LogP contribution in [0.5, 0.6) is 11.6 Å². The molecule has 0 radical (unpaired) electrons. The number of ether oxygens (including phenoxy) is 2. The fourth-order valence-corrected chi connectivity index (χ4v) is 2.82. The highest BCUT2D eigenvalue weighted by molar-refractivity contribution is 6.30. The molecule has 0 aliphatic carbocycles. The highest BCUT2D eigenvalue weighted by Crippen LogP contribution is 2.17. The topological polar surface area (TPSA) is 77.5 Å². The van der Waals surface area contributed by atoms with E-state index >= 15 is 0 Å². The molecule has 30 heavy (non-hydrogen) atoms. The van der Waals surface area contributed by atoms with Gasteiger partial charge in [-0.15, -0.1) is 0 Å². The van der Waals surface area contributed by atoms with Gasteiger partial charge in [0.1, 0.15) is 5.75 Å². The molecular weight excluding hydrogens is 404 g/mol. The number of rotatable bonds is 9. The molecule has 1 aromatic heterocycles. The summed E-state index contributed by atoms with van der Waals surface area (Å²) in [6.45, 7) is 2.52. The maximum atomic E-state index is 12.5. The summed E-state index contributed by atoms with van der Waals surface area (Å²) >= 11 is 5.85. The Morgan fingerprint density at radius 3 is 2.30 bits per heavy atom. The van der Waals surface area contributed by atoms with Crippen molar-refractivity contribution in [2.75, 3.05) is 13.2 Å². The van der Waals surface area contributed by atoms with Gasteiger partial charge in [-0.25, -0.2) is 4.98 Å².